The van der Waals surface area contributed by atoms with Crippen molar-refractivity contribution < 1.29 is 14.4 Å². The molecule has 172 valence electrons. The average molecular weight is 492 g/mol. The number of carbonyl (C=O) groups excluding carboxylic acids is 3. The minimum Gasteiger partial charge on any atom is -0.351 e. The molecular weight excluding hydrogens is 462 g/mol. The molecule has 0 aromatic heterocycles. The second-order valence-electron chi connectivity index (χ2n) is 7.05. The molecule has 0 heterocycles. The Hall–Kier alpha value is -2.10. The first-order valence-electron chi connectivity index (χ1n) is 10.3. The van der Waals surface area contributed by atoms with E-state index in [1.807, 2.05) is 0 Å². The molecule has 0 aliphatic rings. The van der Waals surface area contributed by atoms with E-state index in [-0.39, 0.29) is 34.4 Å². The number of hydrogen-bond acceptors (Lipinski definition) is 6. The van der Waals surface area contributed by atoms with Crippen molar-refractivity contribution in [3.63, 3.8) is 0 Å². The van der Waals surface area contributed by atoms with Crippen molar-refractivity contribution in [2.75, 3.05) is 36.9 Å². The molecule has 0 atom stereocenters. The number of amides is 3. The van der Waals surface area contributed by atoms with E-state index in [1.54, 1.807) is 11.8 Å². The number of nitrogens with one attached hydrogen (secondary N) is 3. The van der Waals surface area contributed by atoms with Gasteiger partial charge in [-0.3, -0.25) is 14.4 Å². The van der Waals surface area contributed by atoms with Gasteiger partial charge in [0.25, 0.3) is 17.7 Å². The first-order valence-corrected chi connectivity index (χ1v) is 12.7. The molecule has 3 amide bonds. The Morgan fingerprint density at radius 2 is 1.19 bits per heavy atom. The highest BCUT2D eigenvalue weighted by Crippen LogP contribution is 2.14. The third-order valence-corrected chi connectivity index (χ3v) is 5.91. The van der Waals surface area contributed by atoms with Crippen LogP contribution in [0.15, 0.2) is 42.5 Å². The zero-order valence-electron chi connectivity index (χ0n) is 18.0. The lowest BCUT2D eigenvalue weighted by Gasteiger charge is -2.11. The van der Waals surface area contributed by atoms with Gasteiger partial charge in [0.1, 0.15) is 0 Å². The molecule has 0 saturated carbocycles. The predicted molar refractivity (Wildman–Crippen MR) is 138 cm³/mol. The van der Waals surface area contributed by atoms with Gasteiger partial charge in [-0.25, -0.2) is 0 Å². The molecule has 0 aliphatic carbocycles. The number of rotatable bonds is 12. The largest absolute Gasteiger partial charge is 0.351 e. The number of aryl methyl sites for hydroxylation is 1. The van der Waals surface area contributed by atoms with Gasteiger partial charge >= 0.3 is 0 Å². The summed E-state index contributed by atoms with van der Waals surface area (Å²) < 4.78 is 0. The van der Waals surface area contributed by atoms with E-state index in [9.17, 15) is 14.4 Å². The first kappa shape index (κ1) is 26.2. The Labute approximate surface area is 204 Å². The molecule has 0 saturated heterocycles. The van der Waals surface area contributed by atoms with Crippen LogP contribution in [0.3, 0.4) is 0 Å². The average Bonchev–Trinajstić information content (AvgIpc) is 2.81. The van der Waals surface area contributed by atoms with Crippen molar-refractivity contribution in [2.24, 2.45) is 0 Å². The maximum atomic E-state index is 12.7. The Morgan fingerprint density at radius 3 is 1.62 bits per heavy atom. The number of benzene rings is 2. The van der Waals surface area contributed by atoms with Gasteiger partial charge in [0.05, 0.1) is 0 Å². The predicted octanol–water partition coefficient (Wildman–Crippen LogP) is 2.98. The van der Waals surface area contributed by atoms with Crippen LogP contribution in [0.2, 0.25) is 0 Å². The van der Waals surface area contributed by atoms with Gasteiger partial charge in [-0.2, -0.15) is 37.0 Å². The summed E-state index contributed by atoms with van der Waals surface area (Å²) in [6, 6.07) is 12.9. The topological polar surface area (TPSA) is 87.3 Å². The van der Waals surface area contributed by atoms with Crippen LogP contribution in [0.1, 0.15) is 42.2 Å². The highest BCUT2D eigenvalue weighted by molar-refractivity contribution is 7.98. The number of thiol groups is 2. The van der Waals surface area contributed by atoms with Gasteiger partial charge in [0.15, 0.2) is 0 Å². The van der Waals surface area contributed by atoms with Crippen LogP contribution in [0.5, 0.6) is 0 Å². The van der Waals surface area contributed by atoms with Gasteiger partial charge in [-0.15, -0.1) is 0 Å². The van der Waals surface area contributed by atoms with Crippen LogP contribution in [0.4, 0.5) is 0 Å². The van der Waals surface area contributed by atoms with E-state index in [0.717, 1.165) is 11.5 Å². The minimum atomic E-state index is -0.356. The molecule has 32 heavy (non-hydrogen) atoms. The molecule has 0 unspecified atom stereocenters. The zero-order chi connectivity index (χ0) is 23.3. The molecule has 2 aromatic rings. The lowest BCUT2D eigenvalue weighted by Crippen LogP contribution is -2.30. The molecule has 9 heteroatoms. The van der Waals surface area contributed by atoms with Crippen molar-refractivity contribution in [3.8, 4) is 0 Å². The number of thioether (sulfide) groups is 1. The Bertz CT molecular complexity index is 882. The van der Waals surface area contributed by atoms with Crippen LogP contribution in [-0.2, 0) is 5.75 Å². The van der Waals surface area contributed by atoms with Gasteiger partial charge in [0, 0.05) is 59.3 Å². The molecule has 2 aromatic carbocycles. The summed E-state index contributed by atoms with van der Waals surface area (Å²) in [5.74, 6) is 1.55. The summed E-state index contributed by atoms with van der Waals surface area (Å²) in [5, 5.41) is 8.28. The van der Waals surface area contributed by atoms with Crippen LogP contribution >= 0.6 is 37.0 Å². The fraction of sp³-hybridized carbons (Fsp3) is 0.348. The van der Waals surface area contributed by atoms with E-state index in [0.29, 0.717) is 31.1 Å². The number of hydrogen-bond donors (Lipinski definition) is 5. The smallest absolute Gasteiger partial charge is 0.251 e. The monoisotopic (exact) mass is 491 g/mol. The summed E-state index contributed by atoms with van der Waals surface area (Å²) >= 11 is 9.89. The van der Waals surface area contributed by atoms with Crippen molar-refractivity contribution in [1.82, 2.24) is 16.0 Å². The van der Waals surface area contributed by atoms with Crippen molar-refractivity contribution >= 4 is 54.7 Å². The summed E-state index contributed by atoms with van der Waals surface area (Å²) in [4.78, 5) is 37.5. The van der Waals surface area contributed by atoms with Crippen molar-refractivity contribution in [2.45, 2.75) is 12.7 Å². The minimum absolute atomic E-state index is 0.254. The van der Waals surface area contributed by atoms with Gasteiger partial charge in [-0.05, 0) is 30.7 Å². The molecule has 3 N–H and O–H groups in total. The molecule has 2 rings (SSSR count). The maximum Gasteiger partial charge on any atom is 0.251 e. The lowest BCUT2D eigenvalue weighted by atomic mass is 10.0. The Morgan fingerprint density at radius 1 is 0.750 bits per heavy atom. The summed E-state index contributed by atoms with van der Waals surface area (Å²) in [6.07, 6.45) is 0. The van der Waals surface area contributed by atoms with E-state index < -0.39 is 0 Å². The van der Waals surface area contributed by atoms with E-state index in [4.69, 9.17) is 0 Å². The summed E-state index contributed by atoms with van der Waals surface area (Å²) in [5.41, 5.74) is 3.24. The van der Waals surface area contributed by atoms with Crippen LogP contribution in [0.25, 0.3) is 0 Å². The molecule has 0 aliphatic heterocycles. The lowest BCUT2D eigenvalue weighted by molar-refractivity contribution is 0.0955. The second-order valence-corrected chi connectivity index (χ2v) is 9.05. The Kier molecular flexibility index (Phi) is 11.5. The summed E-state index contributed by atoms with van der Waals surface area (Å²) in [6.45, 7) is 3.31. The Balaban J connectivity index is 1.99. The molecule has 0 bridgehead atoms. The van der Waals surface area contributed by atoms with E-state index >= 15 is 0 Å². The quantitative estimate of drug-likeness (QED) is 0.233. The standard InChI is InChI=1S/C23H29N3O3S3/c1-16-2-4-17(5-3-16)15-32-11-8-26-23(29)20-13-18(21(27)24-6-9-30)12-19(14-20)22(28)25-7-10-31/h2-5,12-14,30-31H,6-11,15H2,1H3,(H,24,27)(H,25,28)(H,26,29). The van der Waals surface area contributed by atoms with Gasteiger partial charge < -0.3 is 16.0 Å². The van der Waals surface area contributed by atoms with E-state index in [2.05, 4.69) is 72.4 Å². The second kappa shape index (κ2) is 14.1. The normalized spacial score (nSPS) is 10.5. The van der Waals surface area contributed by atoms with Crippen molar-refractivity contribution in [1.29, 1.82) is 0 Å². The third kappa shape index (κ3) is 8.80. The molecule has 0 fully saturated rings. The fourth-order valence-corrected chi connectivity index (χ4v) is 3.82. The maximum absolute atomic E-state index is 12.7. The highest BCUT2D eigenvalue weighted by Gasteiger charge is 2.16. The van der Waals surface area contributed by atoms with Crippen LogP contribution in [-0.4, -0.2) is 54.6 Å². The number of carbonyl (C=O) groups is 3. The van der Waals surface area contributed by atoms with Crippen molar-refractivity contribution in [3.05, 3.63) is 70.3 Å². The van der Waals surface area contributed by atoms with Gasteiger partial charge in [0.2, 0.25) is 0 Å². The van der Waals surface area contributed by atoms with E-state index in [1.165, 1.54) is 29.3 Å². The zero-order valence-corrected chi connectivity index (χ0v) is 20.6. The SMILES string of the molecule is Cc1ccc(CSCCNC(=O)c2cc(C(=O)NCCS)cc(C(=O)NCCS)c2)cc1. The first-order chi connectivity index (χ1) is 15.4. The fourth-order valence-electron chi connectivity index (χ4n) is 2.78. The third-order valence-electron chi connectivity index (χ3n) is 4.44. The van der Waals surface area contributed by atoms with Crippen LogP contribution in [0, 0.1) is 6.92 Å². The molecule has 6 nitrogen and oxygen atoms in total. The van der Waals surface area contributed by atoms with Crippen LogP contribution < -0.4 is 16.0 Å². The highest BCUT2D eigenvalue weighted by atomic mass is 32.2. The molecular formula is C23H29N3O3S3. The van der Waals surface area contributed by atoms with Gasteiger partial charge in [-0.1, -0.05) is 29.8 Å². The molecule has 0 radical (unpaired) electrons. The molecule has 0 spiro atoms. The summed E-state index contributed by atoms with van der Waals surface area (Å²) in [7, 11) is 0.